The predicted octanol–water partition coefficient (Wildman–Crippen LogP) is 3.87. The summed E-state index contributed by atoms with van der Waals surface area (Å²) in [6.45, 7) is 4.13. The zero-order chi connectivity index (χ0) is 15.3. The summed E-state index contributed by atoms with van der Waals surface area (Å²) < 4.78 is 33.7. The number of halogens is 2. The van der Waals surface area contributed by atoms with Crippen LogP contribution in [0.25, 0.3) is 0 Å². The summed E-state index contributed by atoms with van der Waals surface area (Å²) in [6.07, 6.45) is -0.565. The number of nitrogens with one attached hydrogen (secondary N) is 1. The molecule has 0 bridgehead atoms. The lowest BCUT2D eigenvalue weighted by molar-refractivity contribution is -0.0499. The topological polar surface area (TPSA) is 47.6 Å². The third-order valence-corrected chi connectivity index (χ3v) is 2.32. The van der Waals surface area contributed by atoms with Crippen LogP contribution < -0.4 is 10.1 Å². The average Bonchev–Trinajstić information content (AvgIpc) is 2.25. The Labute approximate surface area is 117 Å². The van der Waals surface area contributed by atoms with Crippen LogP contribution in [0.5, 0.6) is 5.75 Å². The Hall–Kier alpha value is -1.85. The van der Waals surface area contributed by atoms with E-state index in [2.05, 4.69) is 10.1 Å². The van der Waals surface area contributed by atoms with Gasteiger partial charge in [-0.2, -0.15) is 8.78 Å². The molecule has 0 saturated carbocycles. The van der Waals surface area contributed by atoms with Gasteiger partial charge in [-0.15, -0.1) is 0 Å². The van der Waals surface area contributed by atoms with Crippen LogP contribution in [0.4, 0.5) is 13.6 Å². The molecule has 0 spiro atoms. The highest BCUT2D eigenvalue weighted by molar-refractivity contribution is 5.68. The minimum absolute atomic E-state index is 0.0512. The number of benzene rings is 1. The van der Waals surface area contributed by atoms with E-state index in [0.717, 1.165) is 0 Å². The fourth-order valence-electron chi connectivity index (χ4n) is 1.53. The molecule has 1 aromatic carbocycles. The normalized spacial score (nSPS) is 12.9. The van der Waals surface area contributed by atoms with E-state index in [4.69, 9.17) is 4.74 Å². The van der Waals surface area contributed by atoms with Crippen LogP contribution in [0.1, 0.15) is 39.3 Å². The van der Waals surface area contributed by atoms with Crippen LogP contribution >= 0.6 is 0 Å². The summed E-state index contributed by atoms with van der Waals surface area (Å²) >= 11 is 0. The van der Waals surface area contributed by atoms with E-state index < -0.39 is 18.3 Å². The molecule has 0 aliphatic rings. The minimum atomic E-state index is -2.88. The quantitative estimate of drug-likeness (QED) is 0.914. The van der Waals surface area contributed by atoms with Gasteiger partial charge in [-0.1, -0.05) is 12.1 Å². The van der Waals surface area contributed by atoms with Crippen LogP contribution in [-0.4, -0.2) is 18.3 Å². The van der Waals surface area contributed by atoms with Crippen LogP contribution in [0.3, 0.4) is 0 Å². The molecule has 0 fully saturated rings. The Kier molecular flexibility index (Phi) is 5.30. The number of amides is 1. The van der Waals surface area contributed by atoms with Gasteiger partial charge in [0, 0.05) is 0 Å². The SMILES string of the molecule is CC(NC(=O)OC(C)(C)C)c1cccc(OC(F)F)c1. The summed E-state index contributed by atoms with van der Waals surface area (Å²) in [5.74, 6) is 0.0512. The highest BCUT2D eigenvalue weighted by Crippen LogP contribution is 2.21. The monoisotopic (exact) mass is 287 g/mol. The molecule has 0 radical (unpaired) electrons. The molecule has 0 aromatic heterocycles. The molecule has 1 atom stereocenters. The van der Waals surface area contributed by atoms with Crippen LogP contribution in [0.2, 0.25) is 0 Å². The molecule has 0 aliphatic carbocycles. The van der Waals surface area contributed by atoms with E-state index in [1.54, 1.807) is 39.8 Å². The van der Waals surface area contributed by atoms with Crippen molar-refractivity contribution in [3.05, 3.63) is 29.8 Å². The first-order valence-electron chi connectivity index (χ1n) is 6.21. The number of hydrogen-bond donors (Lipinski definition) is 1. The summed E-state index contributed by atoms with van der Waals surface area (Å²) in [5, 5.41) is 2.63. The van der Waals surface area contributed by atoms with Crippen molar-refractivity contribution in [1.29, 1.82) is 0 Å². The third kappa shape index (κ3) is 5.86. The zero-order valence-corrected chi connectivity index (χ0v) is 11.9. The number of hydrogen-bond acceptors (Lipinski definition) is 3. The van der Waals surface area contributed by atoms with Gasteiger partial charge in [0.15, 0.2) is 0 Å². The lowest BCUT2D eigenvalue weighted by Gasteiger charge is -2.22. The molecule has 1 rings (SSSR count). The molecular formula is C14H19F2NO3. The molecule has 0 saturated heterocycles. The predicted molar refractivity (Wildman–Crippen MR) is 70.9 cm³/mol. The van der Waals surface area contributed by atoms with Crippen molar-refractivity contribution in [3.8, 4) is 5.75 Å². The average molecular weight is 287 g/mol. The lowest BCUT2D eigenvalue weighted by Crippen LogP contribution is -2.34. The Morgan fingerprint density at radius 1 is 1.30 bits per heavy atom. The van der Waals surface area contributed by atoms with Crippen molar-refractivity contribution < 1.29 is 23.0 Å². The summed E-state index contributed by atoms with van der Waals surface area (Å²) in [7, 11) is 0. The molecule has 4 nitrogen and oxygen atoms in total. The highest BCUT2D eigenvalue weighted by atomic mass is 19.3. The summed E-state index contributed by atoms with van der Waals surface area (Å²) in [5.41, 5.74) is 0.0544. The largest absolute Gasteiger partial charge is 0.444 e. The molecular weight excluding hydrogens is 268 g/mol. The first-order valence-corrected chi connectivity index (χ1v) is 6.21. The second kappa shape index (κ2) is 6.54. The van der Waals surface area contributed by atoms with Crippen molar-refractivity contribution >= 4 is 6.09 Å². The van der Waals surface area contributed by atoms with E-state index in [9.17, 15) is 13.6 Å². The molecule has 112 valence electrons. The van der Waals surface area contributed by atoms with E-state index in [1.165, 1.54) is 12.1 Å². The van der Waals surface area contributed by atoms with Crippen LogP contribution in [-0.2, 0) is 4.74 Å². The Balaban J connectivity index is 2.67. The lowest BCUT2D eigenvalue weighted by atomic mass is 10.1. The van der Waals surface area contributed by atoms with E-state index in [-0.39, 0.29) is 11.8 Å². The number of rotatable bonds is 4. The van der Waals surface area contributed by atoms with Gasteiger partial charge in [0.1, 0.15) is 11.4 Å². The van der Waals surface area contributed by atoms with E-state index in [1.807, 2.05) is 0 Å². The first-order chi connectivity index (χ1) is 9.17. The molecule has 1 unspecified atom stereocenters. The third-order valence-electron chi connectivity index (χ3n) is 2.32. The maximum Gasteiger partial charge on any atom is 0.408 e. The van der Waals surface area contributed by atoms with E-state index in [0.29, 0.717) is 5.56 Å². The van der Waals surface area contributed by atoms with Gasteiger partial charge < -0.3 is 14.8 Å². The Bertz CT molecular complexity index is 458. The van der Waals surface area contributed by atoms with Crippen molar-refractivity contribution in [3.63, 3.8) is 0 Å². The fraction of sp³-hybridized carbons (Fsp3) is 0.500. The smallest absolute Gasteiger partial charge is 0.408 e. The van der Waals surface area contributed by atoms with Gasteiger partial charge in [-0.3, -0.25) is 0 Å². The van der Waals surface area contributed by atoms with Crippen molar-refractivity contribution in [2.75, 3.05) is 0 Å². The van der Waals surface area contributed by atoms with Crippen LogP contribution in [0.15, 0.2) is 24.3 Å². The molecule has 6 heteroatoms. The van der Waals surface area contributed by atoms with Gasteiger partial charge >= 0.3 is 12.7 Å². The highest BCUT2D eigenvalue weighted by Gasteiger charge is 2.18. The standard InChI is InChI=1S/C14H19F2NO3/c1-9(17-13(18)20-14(2,3)4)10-6-5-7-11(8-10)19-12(15)16/h5-9,12H,1-4H3,(H,17,18). The molecule has 1 N–H and O–H groups in total. The van der Waals surface area contributed by atoms with Gasteiger partial charge in [-0.05, 0) is 45.4 Å². The molecule has 1 amide bonds. The second-order valence-electron chi connectivity index (χ2n) is 5.32. The maximum atomic E-state index is 12.1. The Morgan fingerprint density at radius 3 is 2.50 bits per heavy atom. The molecule has 20 heavy (non-hydrogen) atoms. The molecule has 0 aliphatic heterocycles. The van der Waals surface area contributed by atoms with Gasteiger partial charge in [-0.25, -0.2) is 4.79 Å². The summed E-state index contributed by atoms with van der Waals surface area (Å²) in [6, 6.07) is 5.79. The maximum absolute atomic E-state index is 12.1. The number of alkyl halides is 2. The number of alkyl carbamates (subject to hydrolysis) is 1. The van der Waals surface area contributed by atoms with Crippen molar-refractivity contribution in [2.45, 2.75) is 45.9 Å². The Morgan fingerprint density at radius 2 is 1.95 bits per heavy atom. The summed E-state index contributed by atoms with van der Waals surface area (Å²) in [4.78, 5) is 11.6. The van der Waals surface area contributed by atoms with Crippen LogP contribution in [0, 0.1) is 0 Å². The first kappa shape index (κ1) is 16.2. The molecule has 1 aromatic rings. The van der Waals surface area contributed by atoms with Gasteiger partial charge in [0.05, 0.1) is 6.04 Å². The number of carbonyl (C=O) groups excluding carboxylic acids is 1. The number of carbonyl (C=O) groups is 1. The second-order valence-corrected chi connectivity index (χ2v) is 5.32. The number of ether oxygens (including phenoxy) is 2. The fourth-order valence-corrected chi connectivity index (χ4v) is 1.53. The van der Waals surface area contributed by atoms with Crippen molar-refractivity contribution in [2.24, 2.45) is 0 Å². The van der Waals surface area contributed by atoms with Crippen molar-refractivity contribution in [1.82, 2.24) is 5.32 Å². The van der Waals surface area contributed by atoms with Gasteiger partial charge in [0.2, 0.25) is 0 Å². The van der Waals surface area contributed by atoms with E-state index >= 15 is 0 Å². The van der Waals surface area contributed by atoms with Gasteiger partial charge in [0.25, 0.3) is 0 Å². The molecule has 0 heterocycles. The minimum Gasteiger partial charge on any atom is -0.444 e. The zero-order valence-electron chi connectivity index (χ0n) is 11.9.